The van der Waals surface area contributed by atoms with Crippen LogP contribution in [0.2, 0.25) is 5.02 Å². The molecule has 2 aromatic rings. The molecule has 0 bridgehead atoms. The molecule has 4 nitrogen and oxygen atoms in total. The third-order valence-corrected chi connectivity index (χ3v) is 7.69. The summed E-state index contributed by atoms with van der Waals surface area (Å²) in [7, 11) is -1.50. The van der Waals surface area contributed by atoms with E-state index in [0.29, 0.717) is 28.2 Å². The molecule has 0 radical (unpaired) electrons. The second-order valence-electron chi connectivity index (χ2n) is 5.68. The Kier molecular flexibility index (Phi) is 4.75. The Hall–Kier alpha value is -0.660. The van der Waals surface area contributed by atoms with Gasteiger partial charge in [0.05, 0.1) is 0 Å². The lowest BCUT2D eigenvalue weighted by Gasteiger charge is -2.31. The number of hydrogen-bond donors (Lipinski definition) is 1. The molecule has 7 heteroatoms. The van der Waals surface area contributed by atoms with E-state index in [2.05, 4.69) is 5.32 Å². The Bertz CT molecular complexity index is 771. The Morgan fingerprint density at radius 1 is 1.41 bits per heavy atom. The summed E-state index contributed by atoms with van der Waals surface area (Å²) in [6, 6.07) is 7.22. The first-order valence-corrected chi connectivity index (χ1v) is 9.98. The van der Waals surface area contributed by atoms with Gasteiger partial charge >= 0.3 is 0 Å². The molecule has 1 saturated heterocycles. The zero-order chi connectivity index (χ0) is 15.7. The first-order chi connectivity index (χ1) is 10.5. The van der Waals surface area contributed by atoms with Crippen molar-refractivity contribution >= 4 is 43.0 Å². The molecule has 1 aromatic carbocycles. The average Bonchev–Trinajstić information content (AvgIpc) is 2.91. The number of benzene rings is 1. The van der Waals surface area contributed by atoms with E-state index in [1.807, 2.05) is 19.2 Å². The zero-order valence-corrected chi connectivity index (χ0v) is 14.8. The molecule has 1 aromatic heterocycles. The largest absolute Gasteiger partial charge is 0.319 e. The molecule has 1 unspecified atom stereocenters. The molecule has 1 aliphatic heterocycles. The fourth-order valence-electron chi connectivity index (χ4n) is 2.94. The van der Waals surface area contributed by atoms with E-state index in [9.17, 15) is 8.42 Å². The summed E-state index contributed by atoms with van der Waals surface area (Å²) >= 11 is 7.30. The zero-order valence-electron chi connectivity index (χ0n) is 12.4. The average molecular weight is 359 g/mol. The van der Waals surface area contributed by atoms with Crippen molar-refractivity contribution in [3.63, 3.8) is 0 Å². The van der Waals surface area contributed by atoms with Crippen LogP contribution in [0.3, 0.4) is 0 Å². The Morgan fingerprint density at radius 3 is 3.00 bits per heavy atom. The Morgan fingerprint density at radius 2 is 2.23 bits per heavy atom. The summed E-state index contributed by atoms with van der Waals surface area (Å²) in [5.74, 6) is 0.386. The van der Waals surface area contributed by atoms with Crippen molar-refractivity contribution in [2.75, 3.05) is 26.7 Å². The van der Waals surface area contributed by atoms with Crippen LogP contribution in [-0.2, 0) is 10.0 Å². The van der Waals surface area contributed by atoms with Crippen molar-refractivity contribution in [1.29, 1.82) is 0 Å². The number of fused-ring (bicyclic) bond motifs is 1. The molecule has 3 rings (SSSR count). The second-order valence-corrected chi connectivity index (χ2v) is 9.36. The maximum Gasteiger partial charge on any atom is 0.252 e. The lowest BCUT2D eigenvalue weighted by atomic mass is 10.00. The molecular formula is C15H19ClN2O2S2. The number of nitrogens with zero attached hydrogens (tertiary/aromatic N) is 1. The second kappa shape index (κ2) is 6.45. The van der Waals surface area contributed by atoms with Crippen LogP contribution in [0.15, 0.2) is 28.5 Å². The summed E-state index contributed by atoms with van der Waals surface area (Å²) in [5.41, 5.74) is 0. The monoisotopic (exact) mass is 358 g/mol. The molecule has 1 aliphatic rings. The summed E-state index contributed by atoms with van der Waals surface area (Å²) in [4.78, 5) is 0. The number of halogens is 1. The number of sulfonamides is 1. The lowest BCUT2D eigenvalue weighted by molar-refractivity contribution is 0.264. The number of hydrogen-bond acceptors (Lipinski definition) is 4. The van der Waals surface area contributed by atoms with Crippen LogP contribution >= 0.6 is 22.9 Å². The number of thiophene rings is 1. The minimum atomic E-state index is -3.41. The van der Waals surface area contributed by atoms with Crippen molar-refractivity contribution in [2.45, 2.75) is 17.1 Å². The molecule has 2 heterocycles. The molecule has 1 atom stereocenters. The maximum atomic E-state index is 12.9. The van der Waals surface area contributed by atoms with Gasteiger partial charge in [0.2, 0.25) is 0 Å². The SMILES string of the molecule is CNCC1CCCN(S(=O)(=O)c2cc3cc(Cl)ccc3s2)C1. The highest BCUT2D eigenvalue weighted by atomic mass is 35.5. The fourth-order valence-corrected chi connectivity index (χ4v) is 6.21. The summed E-state index contributed by atoms with van der Waals surface area (Å²) < 4.78 is 28.7. The summed E-state index contributed by atoms with van der Waals surface area (Å²) in [6.45, 7) is 2.06. The Balaban J connectivity index is 1.90. The van der Waals surface area contributed by atoms with E-state index in [-0.39, 0.29) is 0 Å². The van der Waals surface area contributed by atoms with Crippen LogP contribution in [0.25, 0.3) is 10.1 Å². The van der Waals surface area contributed by atoms with Crippen molar-refractivity contribution in [1.82, 2.24) is 9.62 Å². The van der Waals surface area contributed by atoms with E-state index in [4.69, 9.17) is 11.6 Å². The van der Waals surface area contributed by atoms with Crippen LogP contribution in [-0.4, -0.2) is 39.4 Å². The number of nitrogens with one attached hydrogen (secondary N) is 1. The van der Waals surface area contributed by atoms with Gasteiger partial charge in [0, 0.05) is 22.8 Å². The van der Waals surface area contributed by atoms with Gasteiger partial charge < -0.3 is 5.32 Å². The van der Waals surface area contributed by atoms with Gasteiger partial charge in [-0.1, -0.05) is 11.6 Å². The minimum Gasteiger partial charge on any atom is -0.319 e. The Labute approximate surface area is 140 Å². The third-order valence-electron chi connectivity index (χ3n) is 4.02. The predicted octanol–water partition coefficient (Wildman–Crippen LogP) is 3.17. The summed E-state index contributed by atoms with van der Waals surface area (Å²) in [6.07, 6.45) is 2.00. The molecule has 0 spiro atoms. The molecule has 1 fully saturated rings. The third kappa shape index (κ3) is 3.16. The minimum absolute atomic E-state index is 0.386. The smallest absolute Gasteiger partial charge is 0.252 e. The van der Waals surface area contributed by atoms with E-state index in [0.717, 1.165) is 29.5 Å². The normalized spacial score (nSPS) is 20.5. The van der Waals surface area contributed by atoms with Gasteiger partial charge in [0.25, 0.3) is 10.0 Å². The van der Waals surface area contributed by atoms with Crippen LogP contribution in [0.5, 0.6) is 0 Å². The molecule has 22 heavy (non-hydrogen) atoms. The van der Waals surface area contributed by atoms with Gasteiger partial charge in [-0.25, -0.2) is 8.42 Å². The van der Waals surface area contributed by atoms with Crippen molar-refractivity contribution < 1.29 is 8.42 Å². The molecule has 120 valence electrons. The van der Waals surface area contributed by atoms with Gasteiger partial charge in [0.15, 0.2) is 0 Å². The van der Waals surface area contributed by atoms with E-state index in [1.165, 1.54) is 11.3 Å². The lowest BCUT2D eigenvalue weighted by Crippen LogP contribution is -2.42. The van der Waals surface area contributed by atoms with Crippen molar-refractivity contribution in [3.8, 4) is 0 Å². The summed E-state index contributed by atoms with van der Waals surface area (Å²) in [5, 5.41) is 4.66. The van der Waals surface area contributed by atoms with Crippen LogP contribution in [0.4, 0.5) is 0 Å². The van der Waals surface area contributed by atoms with E-state index < -0.39 is 10.0 Å². The molecule has 0 aliphatic carbocycles. The standard InChI is InChI=1S/C15H19ClN2O2S2/c1-17-9-11-3-2-6-18(10-11)22(19,20)15-8-12-7-13(16)4-5-14(12)21-15/h4-5,7-8,11,17H,2-3,6,9-10H2,1H3. The highest BCUT2D eigenvalue weighted by Gasteiger charge is 2.31. The molecular weight excluding hydrogens is 340 g/mol. The van der Waals surface area contributed by atoms with Crippen molar-refractivity contribution in [2.24, 2.45) is 5.92 Å². The van der Waals surface area contributed by atoms with E-state index >= 15 is 0 Å². The highest BCUT2D eigenvalue weighted by molar-refractivity contribution is 7.91. The first-order valence-electron chi connectivity index (χ1n) is 7.34. The van der Waals surface area contributed by atoms with Gasteiger partial charge in [-0.05, 0) is 62.0 Å². The van der Waals surface area contributed by atoms with Crippen molar-refractivity contribution in [3.05, 3.63) is 29.3 Å². The fraction of sp³-hybridized carbons (Fsp3) is 0.467. The molecule has 0 saturated carbocycles. The van der Waals surface area contributed by atoms with Gasteiger partial charge in [-0.15, -0.1) is 11.3 Å². The van der Waals surface area contributed by atoms with Crippen LogP contribution in [0, 0.1) is 5.92 Å². The van der Waals surface area contributed by atoms with Crippen LogP contribution in [0.1, 0.15) is 12.8 Å². The van der Waals surface area contributed by atoms with Gasteiger partial charge in [-0.3, -0.25) is 0 Å². The van der Waals surface area contributed by atoms with E-state index in [1.54, 1.807) is 16.4 Å². The van der Waals surface area contributed by atoms with Crippen LogP contribution < -0.4 is 5.32 Å². The van der Waals surface area contributed by atoms with Gasteiger partial charge in [0.1, 0.15) is 4.21 Å². The molecule has 1 N–H and O–H groups in total. The topological polar surface area (TPSA) is 49.4 Å². The number of rotatable bonds is 4. The first kappa shape index (κ1) is 16.2. The predicted molar refractivity (Wildman–Crippen MR) is 92.2 cm³/mol. The maximum absolute atomic E-state index is 12.9. The number of piperidine rings is 1. The molecule has 0 amide bonds. The van der Waals surface area contributed by atoms with Gasteiger partial charge in [-0.2, -0.15) is 4.31 Å². The quantitative estimate of drug-likeness (QED) is 0.913. The highest BCUT2D eigenvalue weighted by Crippen LogP contribution is 2.33.